The Labute approximate surface area is 145 Å². The molecule has 0 fully saturated rings. The van der Waals surface area contributed by atoms with Gasteiger partial charge in [0.05, 0.1) is 18.1 Å². The van der Waals surface area contributed by atoms with E-state index in [2.05, 4.69) is 15.6 Å². The van der Waals surface area contributed by atoms with E-state index in [1.165, 1.54) is 0 Å². The van der Waals surface area contributed by atoms with Gasteiger partial charge in [0.15, 0.2) is 16.6 Å². The lowest BCUT2D eigenvalue weighted by Crippen LogP contribution is -2.23. The van der Waals surface area contributed by atoms with Crippen LogP contribution in [0.5, 0.6) is 11.5 Å². The normalized spacial score (nSPS) is 16.5. The van der Waals surface area contributed by atoms with Gasteiger partial charge in [0.2, 0.25) is 5.91 Å². The van der Waals surface area contributed by atoms with Gasteiger partial charge < -0.3 is 20.1 Å². The summed E-state index contributed by atoms with van der Waals surface area (Å²) in [6.07, 6.45) is 0.367. The van der Waals surface area contributed by atoms with Crippen molar-refractivity contribution in [2.45, 2.75) is 32.3 Å². The molecule has 0 saturated carbocycles. The van der Waals surface area contributed by atoms with Crippen molar-refractivity contribution in [1.82, 2.24) is 4.98 Å². The number of fused-ring (bicyclic) bond motifs is 1. The first-order valence-electron chi connectivity index (χ1n) is 7.85. The van der Waals surface area contributed by atoms with Crippen molar-refractivity contribution < 1.29 is 14.3 Å². The molecule has 2 N–H and O–H groups in total. The minimum Gasteiger partial charge on any atom is -0.493 e. The standard InChI is InChI=1S/C17H21N3O3S/c1-9(2)23-14-10(6-5-7-12(14)22-4)11-8-13(21)19-16-15(11)24-17(18-3)20-16/h5-7,9,11H,8H2,1-4H3,(H,18,20)(H,19,21)/t11-/m0/s1. The van der Waals surface area contributed by atoms with E-state index in [9.17, 15) is 4.79 Å². The molecule has 1 amide bonds. The lowest BCUT2D eigenvalue weighted by atomic mass is 9.90. The molecule has 0 bridgehead atoms. The smallest absolute Gasteiger partial charge is 0.226 e. The Balaban J connectivity index is 2.12. The summed E-state index contributed by atoms with van der Waals surface area (Å²) >= 11 is 1.55. The minimum absolute atomic E-state index is 0.00580. The molecule has 0 radical (unpaired) electrons. The number of rotatable bonds is 5. The molecule has 1 aromatic carbocycles. The number of hydrogen-bond donors (Lipinski definition) is 2. The van der Waals surface area contributed by atoms with Crippen LogP contribution >= 0.6 is 11.3 Å². The summed E-state index contributed by atoms with van der Waals surface area (Å²) < 4.78 is 11.5. The molecule has 0 unspecified atom stereocenters. The molecule has 0 aliphatic carbocycles. The molecule has 2 heterocycles. The van der Waals surface area contributed by atoms with E-state index < -0.39 is 0 Å². The number of hydrogen-bond acceptors (Lipinski definition) is 6. The minimum atomic E-state index is -0.0998. The topological polar surface area (TPSA) is 72.5 Å². The van der Waals surface area contributed by atoms with Crippen LogP contribution < -0.4 is 20.1 Å². The van der Waals surface area contributed by atoms with E-state index >= 15 is 0 Å². The zero-order valence-electron chi connectivity index (χ0n) is 14.2. The van der Waals surface area contributed by atoms with Gasteiger partial charge in [-0.1, -0.05) is 23.5 Å². The van der Waals surface area contributed by atoms with Crippen molar-refractivity contribution in [2.75, 3.05) is 24.8 Å². The number of benzene rings is 1. The first-order chi connectivity index (χ1) is 11.5. The number of methoxy groups -OCH3 is 1. The molecule has 1 aliphatic heterocycles. The predicted molar refractivity (Wildman–Crippen MR) is 95.5 cm³/mol. The zero-order chi connectivity index (χ0) is 17.3. The molecule has 1 atom stereocenters. The fourth-order valence-electron chi connectivity index (χ4n) is 2.81. The van der Waals surface area contributed by atoms with Crippen molar-refractivity contribution >= 4 is 28.2 Å². The van der Waals surface area contributed by atoms with Crippen LogP contribution in [0.2, 0.25) is 0 Å². The van der Waals surface area contributed by atoms with Crippen molar-refractivity contribution in [3.63, 3.8) is 0 Å². The summed E-state index contributed by atoms with van der Waals surface area (Å²) in [6, 6.07) is 5.79. The quantitative estimate of drug-likeness (QED) is 0.867. The SMILES string of the molecule is CNc1nc2c(s1)[C@H](c1cccc(OC)c1OC(C)C)CC(=O)N2. The second-order valence-electron chi connectivity index (χ2n) is 5.83. The summed E-state index contributed by atoms with van der Waals surface area (Å²) in [7, 11) is 3.44. The summed E-state index contributed by atoms with van der Waals surface area (Å²) in [5, 5.41) is 6.67. The Hall–Kier alpha value is -2.28. The zero-order valence-corrected chi connectivity index (χ0v) is 15.0. The Morgan fingerprint density at radius 2 is 2.21 bits per heavy atom. The first-order valence-corrected chi connectivity index (χ1v) is 8.67. The van der Waals surface area contributed by atoms with Crippen molar-refractivity contribution in [1.29, 1.82) is 0 Å². The van der Waals surface area contributed by atoms with Crippen LogP contribution in [0.25, 0.3) is 0 Å². The third-order valence-corrected chi connectivity index (χ3v) is 4.98. The first kappa shape index (κ1) is 16.6. The second-order valence-corrected chi connectivity index (χ2v) is 6.86. The van der Waals surface area contributed by atoms with E-state index in [0.29, 0.717) is 23.7 Å². The maximum absolute atomic E-state index is 12.2. The van der Waals surface area contributed by atoms with Crippen LogP contribution in [0, 0.1) is 0 Å². The average Bonchev–Trinajstić information content (AvgIpc) is 2.96. The van der Waals surface area contributed by atoms with Crippen molar-refractivity contribution in [3.05, 3.63) is 28.6 Å². The number of carbonyl (C=O) groups is 1. The molecular formula is C17H21N3O3S. The monoisotopic (exact) mass is 347 g/mol. The van der Waals surface area contributed by atoms with Crippen molar-refractivity contribution in [2.24, 2.45) is 0 Å². The predicted octanol–water partition coefficient (Wildman–Crippen LogP) is 3.45. The van der Waals surface area contributed by atoms with Crippen LogP contribution in [-0.2, 0) is 4.79 Å². The molecule has 2 aromatic rings. The number of aromatic nitrogens is 1. The van der Waals surface area contributed by atoms with Crippen molar-refractivity contribution in [3.8, 4) is 11.5 Å². The van der Waals surface area contributed by atoms with Gasteiger partial charge in [-0.15, -0.1) is 0 Å². The molecule has 0 saturated heterocycles. The third-order valence-electron chi connectivity index (χ3n) is 3.79. The summed E-state index contributed by atoms with van der Waals surface area (Å²) in [5.74, 6) is 1.85. The van der Waals surface area contributed by atoms with Gasteiger partial charge in [-0.2, -0.15) is 0 Å². The number of thiazole rings is 1. The van der Waals surface area contributed by atoms with E-state index in [4.69, 9.17) is 9.47 Å². The number of para-hydroxylation sites is 1. The van der Waals surface area contributed by atoms with Crippen LogP contribution in [0.4, 0.5) is 10.9 Å². The van der Waals surface area contributed by atoms with Gasteiger partial charge in [-0.3, -0.25) is 4.79 Å². The fraction of sp³-hybridized carbons (Fsp3) is 0.412. The Kier molecular flexibility index (Phi) is 4.62. The lowest BCUT2D eigenvalue weighted by molar-refractivity contribution is -0.116. The summed E-state index contributed by atoms with van der Waals surface area (Å²) in [5.41, 5.74) is 0.949. The van der Waals surface area contributed by atoms with Gasteiger partial charge in [-0.25, -0.2) is 4.98 Å². The van der Waals surface area contributed by atoms with E-state index in [1.807, 2.05) is 39.1 Å². The second kappa shape index (κ2) is 6.68. The Morgan fingerprint density at radius 3 is 2.88 bits per heavy atom. The summed E-state index contributed by atoms with van der Waals surface area (Å²) in [4.78, 5) is 17.6. The highest BCUT2D eigenvalue weighted by atomic mass is 32.1. The van der Waals surface area contributed by atoms with Gasteiger partial charge in [0, 0.05) is 24.9 Å². The van der Waals surface area contributed by atoms with Gasteiger partial charge in [-0.05, 0) is 19.9 Å². The largest absolute Gasteiger partial charge is 0.493 e. The van der Waals surface area contributed by atoms with Crippen LogP contribution in [0.15, 0.2) is 18.2 Å². The maximum atomic E-state index is 12.2. The molecule has 7 heteroatoms. The maximum Gasteiger partial charge on any atom is 0.226 e. The average molecular weight is 347 g/mol. The van der Waals surface area contributed by atoms with Crippen LogP contribution in [-0.4, -0.2) is 31.2 Å². The van der Waals surface area contributed by atoms with E-state index in [-0.39, 0.29) is 17.9 Å². The molecule has 128 valence electrons. The van der Waals surface area contributed by atoms with Gasteiger partial charge >= 0.3 is 0 Å². The number of anilines is 2. The molecule has 3 rings (SSSR count). The highest BCUT2D eigenvalue weighted by molar-refractivity contribution is 7.16. The van der Waals surface area contributed by atoms with Crippen LogP contribution in [0.1, 0.15) is 36.6 Å². The molecule has 0 spiro atoms. The molecular weight excluding hydrogens is 326 g/mol. The number of nitrogens with zero attached hydrogens (tertiary/aromatic N) is 1. The number of amides is 1. The van der Waals surface area contributed by atoms with Gasteiger partial charge in [0.1, 0.15) is 5.82 Å². The van der Waals surface area contributed by atoms with E-state index in [1.54, 1.807) is 18.4 Å². The van der Waals surface area contributed by atoms with Gasteiger partial charge in [0.25, 0.3) is 0 Å². The van der Waals surface area contributed by atoms with E-state index in [0.717, 1.165) is 15.6 Å². The Bertz CT molecular complexity index is 758. The Morgan fingerprint density at radius 1 is 1.42 bits per heavy atom. The summed E-state index contributed by atoms with van der Waals surface area (Å²) in [6.45, 7) is 3.95. The molecule has 1 aromatic heterocycles. The number of ether oxygens (including phenoxy) is 2. The fourth-order valence-corrected chi connectivity index (χ4v) is 3.80. The third kappa shape index (κ3) is 3.03. The highest BCUT2D eigenvalue weighted by Crippen LogP contribution is 2.47. The molecule has 6 nitrogen and oxygen atoms in total. The number of carbonyl (C=O) groups excluding carboxylic acids is 1. The molecule has 1 aliphatic rings. The number of nitrogens with one attached hydrogen (secondary N) is 2. The lowest BCUT2D eigenvalue weighted by Gasteiger charge is -2.25. The van der Waals surface area contributed by atoms with Crippen LogP contribution in [0.3, 0.4) is 0 Å². The highest BCUT2D eigenvalue weighted by Gasteiger charge is 2.33. The molecule has 24 heavy (non-hydrogen) atoms.